The fourth-order valence-electron chi connectivity index (χ4n) is 3.36. The Kier molecular flexibility index (Phi) is 5.49. The van der Waals surface area contributed by atoms with Crippen LogP contribution in [0.25, 0.3) is 10.9 Å². The maximum atomic E-state index is 12.5. The van der Waals surface area contributed by atoms with Gasteiger partial charge in [-0.15, -0.1) is 0 Å². The van der Waals surface area contributed by atoms with Crippen molar-refractivity contribution < 1.29 is 14.3 Å². The molecule has 0 saturated heterocycles. The van der Waals surface area contributed by atoms with E-state index in [2.05, 4.69) is 10.3 Å². The summed E-state index contributed by atoms with van der Waals surface area (Å²) < 4.78 is 6.94. The van der Waals surface area contributed by atoms with E-state index in [1.807, 2.05) is 0 Å². The number of rotatable bonds is 4. The van der Waals surface area contributed by atoms with Crippen LogP contribution in [-0.4, -0.2) is 27.5 Å². The average Bonchev–Trinajstić information content (AvgIpc) is 3.15. The standard InChI is InChI=1S/C21H17Cl2N3O4/c1-11(19(27)24-15-9-13(22)8-14(23)10-15)30-21(29)12-4-5-16-17(7-12)25-18-3-2-6-26(18)20(16)28/h4-5,7-11H,2-3,6H2,1H3,(H,24,27). The van der Waals surface area contributed by atoms with Gasteiger partial charge in [-0.3, -0.25) is 14.2 Å². The molecule has 1 atom stereocenters. The number of benzene rings is 2. The van der Waals surface area contributed by atoms with Crippen LogP contribution in [0.3, 0.4) is 0 Å². The van der Waals surface area contributed by atoms with Crippen molar-refractivity contribution in [3.63, 3.8) is 0 Å². The van der Waals surface area contributed by atoms with Crippen molar-refractivity contribution in [1.29, 1.82) is 0 Å². The highest BCUT2D eigenvalue weighted by atomic mass is 35.5. The molecule has 0 aliphatic carbocycles. The summed E-state index contributed by atoms with van der Waals surface area (Å²) in [4.78, 5) is 41.9. The third kappa shape index (κ3) is 4.04. The fourth-order valence-corrected chi connectivity index (χ4v) is 3.89. The van der Waals surface area contributed by atoms with Crippen molar-refractivity contribution in [2.24, 2.45) is 0 Å². The monoisotopic (exact) mass is 445 g/mol. The van der Waals surface area contributed by atoms with E-state index in [-0.39, 0.29) is 11.1 Å². The SMILES string of the molecule is CC(OC(=O)c1ccc2c(=O)n3c(nc2c1)CCC3)C(=O)Nc1cc(Cl)cc(Cl)c1. The minimum absolute atomic E-state index is 0.111. The van der Waals surface area contributed by atoms with Crippen molar-refractivity contribution in [2.75, 3.05) is 5.32 Å². The summed E-state index contributed by atoms with van der Waals surface area (Å²) in [6, 6.07) is 9.18. The Hall–Kier alpha value is -2.90. The molecule has 7 nitrogen and oxygen atoms in total. The summed E-state index contributed by atoms with van der Waals surface area (Å²) in [5.41, 5.74) is 0.932. The lowest BCUT2D eigenvalue weighted by molar-refractivity contribution is -0.123. The van der Waals surface area contributed by atoms with Crippen molar-refractivity contribution in [1.82, 2.24) is 9.55 Å². The maximum Gasteiger partial charge on any atom is 0.338 e. The first-order valence-electron chi connectivity index (χ1n) is 9.33. The van der Waals surface area contributed by atoms with Crippen LogP contribution in [0.1, 0.15) is 29.5 Å². The topological polar surface area (TPSA) is 90.3 Å². The quantitative estimate of drug-likeness (QED) is 0.616. The predicted octanol–water partition coefficient (Wildman–Crippen LogP) is 3.83. The number of hydrogen-bond acceptors (Lipinski definition) is 5. The first-order valence-corrected chi connectivity index (χ1v) is 10.1. The second-order valence-electron chi connectivity index (χ2n) is 7.02. The molecule has 0 saturated carbocycles. The van der Waals surface area contributed by atoms with Gasteiger partial charge in [0.25, 0.3) is 11.5 Å². The molecule has 2 heterocycles. The molecule has 9 heteroatoms. The van der Waals surface area contributed by atoms with Crippen LogP contribution in [0, 0.1) is 0 Å². The van der Waals surface area contributed by atoms with Crippen LogP contribution in [0.2, 0.25) is 10.0 Å². The lowest BCUT2D eigenvalue weighted by Gasteiger charge is -2.14. The molecule has 30 heavy (non-hydrogen) atoms. The number of halogens is 2. The van der Waals surface area contributed by atoms with Gasteiger partial charge >= 0.3 is 5.97 Å². The molecule has 1 aliphatic rings. The molecule has 1 N–H and O–H groups in total. The molecular weight excluding hydrogens is 429 g/mol. The number of nitrogens with zero attached hydrogens (tertiary/aromatic N) is 2. The number of anilines is 1. The Labute approximate surface area is 181 Å². The van der Waals surface area contributed by atoms with E-state index in [1.165, 1.54) is 37.3 Å². The molecule has 2 aromatic carbocycles. The second kappa shape index (κ2) is 8.08. The number of carbonyl (C=O) groups excluding carboxylic acids is 2. The summed E-state index contributed by atoms with van der Waals surface area (Å²) >= 11 is 11.8. The summed E-state index contributed by atoms with van der Waals surface area (Å²) in [6.07, 6.45) is 0.534. The van der Waals surface area contributed by atoms with Crippen LogP contribution < -0.4 is 10.9 Å². The lowest BCUT2D eigenvalue weighted by atomic mass is 10.1. The fraction of sp³-hybridized carbons (Fsp3) is 0.238. The number of amides is 1. The first-order chi connectivity index (χ1) is 14.3. The summed E-state index contributed by atoms with van der Waals surface area (Å²) in [7, 11) is 0. The third-order valence-corrected chi connectivity index (χ3v) is 5.27. The smallest absolute Gasteiger partial charge is 0.338 e. The molecule has 1 aliphatic heterocycles. The minimum Gasteiger partial charge on any atom is -0.449 e. The highest BCUT2D eigenvalue weighted by molar-refractivity contribution is 6.35. The number of nitrogens with one attached hydrogen (secondary N) is 1. The van der Waals surface area contributed by atoms with Gasteiger partial charge in [0.15, 0.2) is 6.10 Å². The number of ether oxygens (including phenoxy) is 1. The molecule has 0 radical (unpaired) electrons. The van der Waals surface area contributed by atoms with E-state index in [9.17, 15) is 14.4 Å². The molecule has 0 fully saturated rings. The van der Waals surface area contributed by atoms with Gasteiger partial charge in [0, 0.05) is 28.7 Å². The summed E-state index contributed by atoms with van der Waals surface area (Å²) in [5.74, 6) is -0.506. The normalized spacial score (nSPS) is 13.7. The Morgan fingerprint density at radius 1 is 1.17 bits per heavy atom. The zero-order valence-corrected chi connectivity index (χ0v) is 17.5. The van der Waals surface area contributed by atoms with Gasteiger partial charge in [0.1, 0.15) is 5.82 Å². The van der Waals surface area contributed by atoms with Gasteiger partial charge in [0.05, 0.1) is 16.5 Å². The Morgan fingerprint density at radius 3 is 2.63 bits per heavy atom. The molecule has 1 amide bonds. The van der Waals surface area contributed by atoms with E-state index in [4.69, 9.17) is 27.9 Å². The van der Waals surface area contributed by atoms with Crippen LogP contribution in [0.5, 0.6) is 0 Å². The molecule has 1 aromatic heterocycles. The van der Waals surface area contributed by atoms with E-state index >= 15 is 0 Å². The third-order valence-electron chi connectivity index (χ3n) is 4.84. The van der Waals surface area contributed by atoms with Crippen LogP contribution in [0.15, 0.2) is 41.2 Å². The Morgan fingerprint density at radius 2 is 1.90 bits per heavy atom. The van der Waals surface area contributed by atoms with Crippen molar-refractivity contribution >= 4 is 51.7 Å². The van der Waals surface area contributed by atoms with Gasteiger partial charge in [-0.2, -0.15) is 0 Å². The number of fused-ring (bicyclic) bond motifs is 2. The van der Waals surface area contributed by atoms with Gasteiger partial charge in [-0.05, 0) is 49.7 Å². The van der Waals surface area contributed by atoms with E-state index in [1.54, 1.807) is 10.6 Å². The molecule has 154 valence electrons. The van der Waals surface area contributed by atoms with Crippen molar-refractivity contribution in [3.05, 3.63) is 68.2 Å². The molecule has 1 unspecified atom stereocenters. The lowest BCUT2D eigenvalue weighted by Crippen LogP contribution is -2.30. The summed E-state index contributed by atoms with van der Waals surface area (Å²) in [6.45, 7) is 2.11. The number of esters is 1. The highest BCUT2D eigenvalue weighted by Gasteiger charge is 2.21. The van der Waals surface area contributed by atoms with Gasteiger partial charge < -0.3 is 10.1 Å². The van der Waals surface area contributed by atoms with E-state index < -0.39 is 18.0 Å². The van der Waals surface area contributed by atoms with Crippen molar-refractivity contribution in [2.45, 2.75) is 32.4 Å². The zero-order chi connectivity index (χ0) is 21.4. The molecular formula is C21H17Cl2N3O4. The van der Waals surface area contributed by atoms with E-state index in [0.29, 0.717) is 39.0 Å². The Balaban J connectivity index is 1.50. The molecule has 0 spiro atoms. The van der Waals surface area contributed by atoms with Crippen molar-refractivity contribution in [3.8, 4) is 0 Å². The molecule has 4 rings (SSSR count). The number of carbonyl (C=O) groups is 2. The maximum absolute atomic E-state index is 12.5. The predicted molar refractivity (Wildman–Crippen MR) is 114 cm³/mol. The number of aryl methyl sites for hydroxylation is 1. The van der Waals surface area contributed by atoms with Gasteiger partial charge in [0.2, 0.25) is 0 Å². The number of aromatic nitrogens is 2. The molecule has 3 aromatic rings. The zero-order valence-electron chi connectivity index (χ0n) is 15.9. The van der Waals surface area contributed by atoms with Crippen LogP contribution in [0.4, 0.5) is 5.69 Å². The first kappa shape index (κ1) is 20.4. The minimum atomic E-state index is -1.07. The summed E-state index contributed by atoms with van der Waals surface area (Å²) in [5, 5.41) is 3.79. The molecule has 0 bridgehead atoms. The largest absolute Gasteiger partial charge is 0.449 e. The second-order valence-corrected chi connectivity index (χ2v) is 7.89. The average molecular weight is 446 g/mol. The van der Waals surface area contributed by atoms with Gasteiger partial charge in [-0.1, -0.05) is 23.2 Å². The number of hydrogen-bond donors (Lipinski definition) is 1. The van der Waals surface area contributed by atoms with Crippen LogP contribution in [-0.2, 0) is 22.5 Å². The van der Waals surface area contributed by atoms with Gasteiger partial charge in [-0.25, -0.2) is 9.78 Å². The Bertz CT molecular complexity index is 1220. The van der Waals surface area contributed by atoms with E-state index in [0.717, 1.165) is 12.8 Å². The highest BCUT2D eigenvalue weighted by Crippen LogP contribution is 2.23. The van der Waals surface area contributed by atoms with Crippen LogP contribution >= 0.6 is 23.2 Å².